The smallest absolute Gasteiger partial charge is 0.318 e. The van der Waals surface area contributed by atoms with Crippen molar-refractivity contribution >= 4 is 40.6 Å². The van der Waals surface area contributed by atoms with Gasteiger partial charge in [-0.05, 0) is 48.7 Å². The van der Waals surface area contributed by atoms with E-state index in [1.807, 2.05) is 24.3 Å². The zero-order valence-corrected chi connectivity index (χ0v) is 18.9. The van der Waals surface area contributed by atoms with Gasteiger partial charge in [0.15, 0.2) is 0 Å². The zero-order chi connectivity index (χ0) is 22.5. The van der Waals surface area contributed by atoms with Crippen molar-refractivity contribution in [1.29, 1.82) is 0 Å². The summed E-state index contributed by atoms with van der Waals surface area (Å²) in [5.74, 6) is 0.385. The average Bonchev–Trinajstić information content (AvgIpc) is 3.47. The molecular weight excluding hydrogens is 450 g/mol. The Labute approximate surface area is 194 Å². The van der Waals surface area contributed by atoms with Gasteiger partial charge in [-0.25, -0.2) is 4.79 Å². The molecule has 0 saturated carbocycles. The number of likely N-dealkylation sites (tertiary alicyclic amines) is 1. The van der Waals surface area contributed by atoms with E-state index in [0.717, 1.165) is 24.2 Å². The lowest BCUT2D eigenvalue weighted by atomic mass is 10.2. The molecule has 3 amide bonds. The molecule has 8 nitrogen and oxygen atoms in total. The van der Waals surface area contributed by atoms with Crippen molar-refractivity contribution in [3.63, 3.8) is 0 Å². The maximum Gasteiger partial charge on any atom is 0.318 e. The number of anilines is 1. The molecule has 2 heterocycles. The molecule has 1 aromatic heterocycles. The number of aromatic nitrogens is 2. The van der Waals surface area contributed by atoms with E-state index in [1.54, 1.807) is 36.3 Å². The molecule has 2 aromatic carbocycles. The zero-order valence-electron chi connectivity index (χ0n) is 17.4. The predicted octanol–water partition coefficient (Wildman–Crippen LogP) is 4.50. The van der Waals surface area contributed by atoms with Crippen LogP contribution in [0.4, 0.5) is 10.5 Å². The topological polar surface area (TPSA) is 96.4 Å². The first-order chi connectivity index (χ1) is 15.5. The number of ether oxygens (including phenoxy) is 1. The Hall–Kier alpha value is -3.17. The number of nitrogens with zero attached hydrogens (tertiary/aromatic N) is 3. The number of carbonyl (C=O) groups is 2. The lowest BCUT2D eigenvalue weighted by molar-refractivity contribution is 0.102. The van der Waals surface area contributed by atoms with Crippen molar-refractivity contribution in [3.05, 3.63) is 69.1 Å². The minimum atomic E-state index is -0.358. The van der Waals surface area contributed by atoms with Crippen molar-refractivity contribution in [2.45, 2.75) is 25.4 Å². The second-order valence-electron chi connectivity index (χ2n) is 7.27. The van der Waals surface area contributed by atoms with Gasteiger partial charge in [0.05, 0.1) is 13.2 Å². The van der Waals surface area contributed by atoms with Crippen LogP contribution in [0.5, 0.6) is 5.75 Å². The summed E-state index contributed by atoms with van der Waals surface area (Å²) in [6.45, 7) is 1.01. The molecule has 0 unspecified atom stereocenters. The van der Waals surface area contributed by atoms with Gasteiger partial charge in [-0.1, -0.05) is 41.1 Å². The van der Waals surface area contributed by atoms with Crippen LogP contribution in [0.15, 0.2) is 48.5 Å². The van der Waals surface area contributed by atoms with Crippen LogP contribution in [0.2, 0.25) is 5.02 Å². The van der Waals surface area contributed by atoms with E-state index in [-0.39, 0.29) is 23.0 Å². The summed E-state index contributed by atoms with van der Waals surface area (Å²) < 4.78 is 5.23. The molecule has 4 rings (SSSR count). The molecule has 10 heteroatoms. The molecule has 32 heavy (non-hydrogen) atoms. The van der Waals surface area contributed by atoms with Crippen LogP contribution in [0.3, 0.4) is 0 Å². The molecule has 0 radical (unpaired) electrons. The van der Waals surface area contributed by atoms with Crippen LogP contribution in [0.1, 0.15) is 39.3 Å². The van der Waals surface area contributed by atoms with Crippen molar-refractivity contribution in [1.82, 2.24) is 20.4 Å². The molecule has 0 bridgehead atoms. The van der Waals surface area contributed by atoms with Gasteiger partial charge in [0, 0.05) is 23.8 Å². The summed E-state index contributed by atoms with van der Waals surface area (Å²) >= 11 is 7.16. The first-order valence-corrected chi connectivity index (χ1v) is 11.3. The predicted molar refractivity (Wildman–Crippen MR) is 123 cm³/mol. The number of nitrogens with one attached hydrogen (secondary N) is 2. The van der Waals surface area contributed by atoms with Crippen LogP contribution in [-0.2, 0) is 6.54 Å². The fourth-order valence-corrected chi connectivity index (χ4v) is 4.62. The normalized spacial score (nSPS) is 15.4. The minimum Gasteiger partial charge on any atom is -0.497 e. The molecule has 3 aromatic rings. The molecule has 0 aliphatic carbocycles. The highest BCUT2D eigenvalue weighted by Crippen LogP contribution is 2.33. The summed E-state index contributed by atoms with van der Waals surface area (Å²) in [7, 11) is 1.61. The summed E-state index contributed by atoms with van der Waals surface area (Å²) in [5, 5.41) is 15.4. The molecular formula is C22H22ClN5O3S. The van der Waals surface area contributed by atoms with Crippen LogP contribution in [0, 0.1) is 0 Å². The Morgan fingerprint density at radius 1 is 1.22 bits per heavy atom. The SMILES string of the molecule is COc1cccc(CNC(=O)N2CCC[C@@H]2c2nnc(C(=O)Nc3cccc(Cl)c3)s2)c1. The second-order valence-corrected chi connectivity index (χ2v) is 8.72. The molecule has 1 aliphatic rings. The third-order valence-corrected chi connectivity index (χ3v) is 6.35. The number of rotatable bonds is 6. The first-order valence-electron chi connectivity index (χ1n) is 10.1. The Balaban J connectivity index is 1.39. The quantitative estimate of drug-likeness (QED) is 0.551. The van der Waals surface area contributed by atoms with Gasteiger partial charge in [0.2, 0.25) is 5.01 Å². The number of halogens is 1. The van der Waals surface area contributed by atoms with Gasteiger partial charge in [-0.3, -0.25) is 4.79 Å². The third kappa shape index (κ3) is 5.17. The molecule has 0 spiro atoms. The highest BCUT2D eigenvalue weighted by atomic mass is 35.5. The fraction of sp³-hybridized carbons (Fsp3) is 0.273. The molecule has 1 saturated heterocycles. The largest absolute Gasteiger partial charge is 0.497 e. The number of carbonyl (C=O) groups excluding carboxylic acids is 2. The summed E-state index contributed by atoms with van der Waals surface area (Å²) in [5.41, 5.74) is 1.53. The minimum absolute atomic E-state index is 0.171. The standard InChI is InChI=1S/C22H22ClN5O3S/c1-31-17-8-2-5-14(11-17)13-24-22(30)28-10-4-9-18(28)20-26-27-21(32-20)19(29)25-16-7-3-6-15(23)12-16/h2-3,5-8,11-12,18H,4,9-10,13H2,1H3,(H,24,30)(H,25,29)/t18-/m1/s1. The highest BCUT2D eigenvalue weighted by Gasteiger charge is 2.33. The van der Waals surface area contributed by atoms with E-state index in [4.69, 9.17) is 16.3 Å². The Morgan fingerprint density at radius 3 is 2.88 bits per heavy atom. The van der Waals surface area contributed by atoms with Gasteiger partial charge >= 0.3 is 6.03 Å². The van der Waals surface area contributed by atoms with Crippen LogP contribution >= 0.6 is 22.9 Å². The van der Waals surface area contributed by atoms with Gasteiger partial charge in [-0.2, -0.15) is 0 Å². The second kappa shape index (κ2) is 9.97. The number of amides is 3. The fourth-order valence-electron chi connectivity index (χ4n) is 3.54. The highest BCUT2D eigenvalue weighted by molar-refractivity contribution is 7.13. The maximum absolute atomic E-state index is 12.8. The Kier molecular flexibility index (Phi) is 6.87. The average molecular weight is 472 g/mol. The molecule has 1 fully saturated rings. The maximum atomic E-state index is 12.8. The summed E-state index contributed by atoms with van der Waals surface area (Å²) in [6, 6.07) is 14.1. The van der Waals surface area contributed by atoms with Crippen molar-refractivity contribution in [2.75, 3.05) is 19.0 Å². The number of benzene rings is 2. The van der Waals surface area contributed by atoms with Crippen molar-refractivity contribution in [2.24, 2.45) is 0 Å². The van der Waals surface area contributed by atoms with Crippen LogP contribution in [-0.4, -0.2) is 40.7 Å². The van der Waals surface area contributed by atoms with Gasteiger partial charge in [0.1, 0.15) is 10.8 Å². The van der Waals surface area contributed by atoms with Crippen LogP contribution < -0.4 is 15.4 Å². The molecule has 1 atom stereocenters. The van der Waals surface area contributed by atoms with E-state index < -0.39 is 0 Å². The van der Waals surface area contributed by atoms with Gasteiger partial charge in [-0.15, -0.1) is 10.2 Å². The number of hydrogen-bond donors (Lipinski definition) is 2. The lowest BCUT2D eigenvalue weighted by Crippen LogP contribution is -2.39. The third-order valence-electron chi connectivity index (χ3n) is 5.09. The van der Waals surface area contributed by atoms with E-state index >= 15 is 0 Å². The number of methoxy groups -OCH3 is 1. The Bertz CT molecular complexity index is 1120. The number of urea groups is 1. The molecule has 1 aliphatic heterocycles. The first kappa shape index (κ1) is 22.0. The van der Waals surface area contributed by atoms with Gasteiger partial charge < -0.3 is 20.3 Å². The van der Waals surface area contributed by atoms with Crippen LogP contribution in [0.25, 0.3) is 0 Å². The number of hydrogen-bond acceptors (Lipinski definition) is 6. The van der Waals surface area contributed by atoms with E-state index in [2.05, 4.69) is 20.8 Å². The van der Waals surface area contributed by atoms with Gasteiger partial charge in [0.25, 0.3) is 5.91 Å². The summed E-state index contributed by atoms with van der Waals surface area (Å²) in [4.78, 5) is 27.1. The molecule has 2 N–H and O–H groups in total. The lowest BCUT2D eigenvalue weighted by Gasteiger charge is -2.23. The monoisotopic (exact) mass is 471 g/mol. The van der Waals surface area contributed by atoms with Crippen molar-refractivity contribution < 1.29 is 14.3 Å². The summed E-state index contributed by atoms with van der Waals surface area (Å²) in [6.07, 6.45) is 1.64. The van der Waals surface area contributed by atoms with E-state index in [1.165, 1.54) is 11.3 Å². The Morgan fingerprint density at radius 2 is 2.06 bits per heavy atom. The van der Waals surface area contributed by atoms with E-state index in [9.17, 15) is 9.59 Å². The molecule has 166 valence electrons. The van der Waals surface area contributed by atoms with E-state index in [0.29, 0.717) is 28.8 Å². The van der Waals surface area contributed by atoms with Crippen molar-refractivity contribution in [3.8, 4) is 5.75 Å².